The van der Waals surface area contributed by atoms with Crippen LogP contribution in [0, 0.1) is 0 Å². The van der Waals surface area contributed by atoms with Gasteiger partial charge >= 0.3 is 0 Å². The summed E-state index contributed by atoms with van der Waals surface area (Å²) in [6.45, 7) is 2.71. The molecule has 0 bridgehead atoms. The quantitative estimate of drug-likeness (QED) is 0.894. The van der Waals surface area contributed by atoms with Gasteiger partial charge in [0.1, 0.15) is 5.75 Å². The van der Waals surface area contributed by atoms with E-state index in [1.807, 2.05) is 25.3 Å². The zero-order chi connectivity index (χ0) is 12.4. The smallest absolute Gasteiger partial charge is 0.119 e. The number of ether oxygens (including phenoxy) is 1. The van der Waals surface area contributed by atoms with Gasteiger partial charge < -0.3 is 10.1 Å². The second-order valence-electron chi connectivity index (χ2n) is 4.44. The monoisotopic (exact) mass is 240 g/mol. The van der Waals surface area contributed by atoms with Crippen LogP contribution in [0.15, 0.2) is 42.7 Å². The molecule has 18 heavy (non-hydrogen) atoms. The molecule has 0 saturated carbocycles. The van der Waals surface area contributed by atoms with E-state index >= 15 is 0 Å². The summed E-state index contributed by atoms with van der Waals surface area (Å²) in [6.07, 6.45) is 4.72. The highest BCUT2D eigenvalue weighted by Crippen LogP contribution is 2.35. The van der Waals surface area contributed by atoms with Crippen molar-refractivity contribution in [1.82, 2.24) is 4.98 Å². The summed E-state index contributed by atoms with van der Waals surface area (Å²) in [7, 11) is 0. The molecule has 3 nitrogen and oxygen atoms in total. The molecule has 1 unspecified atom stereocenters. The number of nitrogens with zero attached hydrogens (tertiary/aromatic N) is 1. The van der Waals surface area contributed by atoms with Gasteiger partial charge in [0, 0.05) is 18.1 Å². The maximum Gasteiger partial charge on any atom is 0.119 e. The largest absolute Gasteiger partial charge is 0.494 e. The van der Waals surface area contributed by atoms with E-state index in [0.29, 0.717) is 12.6 Å². The number of hydrogen-bond donors (Lipinski definition) is 1. The molecule has 1 aliphatic rings. The van der Waals surface area contributed by atoms with Crippen molar-refractivity contribution in [3.05, 3.63) is 53.9 Å². The third kappa shape index (κ3) is 2.04. The van der Waals surface area contributed by atoms with Gasteiger partial charge in [0.15, 0.2) is 0 Å². The van der Waals surface area contributed by atoms with Gasteiger partial charge in [0.25, 0.3) is 0 Å². The maximum absolute atomic E-state index is 5.53. The normalized spacial score (nSPS) is 17.1. The summed E-state index contributed by atoms with van der Waals surface area (Å²) < 4.78 is 5.53. The van der Waals surface area contributed by atoms with Gasteiger partial charge in [-0.25, -0.2) is 0 Å². The Morgan fingerprint density at radius 1 is 1.39 bits per heavy atom. The fourth-order valence-electron chi connectivity index (χ4n) is 2.38. The van der Waals surface area contributed by atoms with Crippen LogP contribution < -0.4 is 10.1 Å². The number of rotatable bonds is 3. The highest BCUT2D eigenvalue weighted by molar-refractivity contribution is 5.60. The Morgan fingerprint density at radius 2 is 2.33 bits per heavy atom. The number of benzene rings is 1. The minimum atomic E-state index is 0.325. The van der Waals surface area contributed by atoms with Crippen molar-refractivity contribution in [3.63, 3.8) is 0 Å². The first-order valence-electron chi connectivity index (χ1n) is 6.29. The Kier molecular flexibility index (Phi) is 2.89. The first kappa shape index (κ1) is 11.1. The van der Waals surface area contributed by atoms with Crippen LogP contribution in [0.25, 0.3) is 0 Å². The first-order chi connectivity index (χ1) is 8.86. The molecule has 1 atom stereocenters. The summed E-state index contributed by atoms with van der Waals surface area (Å²) in [5.41, 5.74) is 3.74. The molecule has 0 amide bonds. The van der Waals surface area contributed by atoms with E-state index in [1.165, 1.54) is 16.8 Å². The summed E-state index contributed by atoms with van der Waals surface area (Å²) in [4.78, 5) is 4.17. The van der Waals surface area contributed by atoms with Crippen LogP contribution >= 0.6 is 0 Å². The van der Waals surface area contributed by atoms with E-state index < -0.39 is 0 Å². The Morgan fingerprint density at radius 3 is 3.11 bits per heavy atom. The van der Waals surface area contributed by atoms with Crippen LogP contribution in [0.4, 0.5) is 5.69 Å². The predicted octanol–water partition coefficient (Wildman–Crippen LogP) is 3.19. The number of fused-ring (bicyclic) bond motifs is 1. The summed E-state index contributed by atoms with van der Waals surface area (Å²) in [6, 6.07) is 10.6. The zero-order valence-corrected chi connectivity index (χ0v) is 10.4. The molecule has 0 saturated heterocycles. The molecule has 2 aromatic rings. The van der Waals surface area contributed by atoms with Gasteiger partial charge in [-0.15, -0.1) is 0 Å². The lowest BCUT2D eigenvalue weighted by atomic mass is 10.0. The first-order valence-corrected chi connectivity index (χ1v) is 6.29. The Labute approximate surface area is 107 Å². The average molecular weight is 240 g/mol. The van der Waals surface area contributed by atoms with Crippen molar-refractivity contribution in [1.29, 1.82) is 0 Å². The number of hydrogen-bond acceptors (Lipinski definition) is 3. The van der Waals surface area contributed by atoms with Gasteiger partial charge in [-0.2, -0.15) is 0 Å². The molecular formula is C15H16N2O. The zero-order valence-electron chi connectivity index (χ0n) is 10.4. The van der Waals surface area contributed by atoms with E-state index in [0.717, 1.165) is 12.2 Å². The molecular weight excluding hydrogens is 224 g/mol. The molecule has 1 aromatic heterocycles. The molecule has 0 radical (unpaired) electrons. The van der Waals surface area contributed by atoms with Crippen LogP contribution in [0.5, 0.6) is 5.75 Å². The van der Waals surface area contributed by atoms with Gasteiger partial charge in [-0.3, -0.25) is 4.98 Å². The van der Waals surface area contributed by atoms with Crippen molar-refractivity contribution >= 4 is 5.69 Å². The lowest BCUT2D eigenvalue weighted by Crippen LogP contribution is -2.05. The number of anilines is 1. The van der Waals surface area contributed by atoms with E-state index in [4.69, 9.17) is 4.74 Å². The molecule has 3 rings (SSSR count). The summed E-state index contributed by atoms with van der Waals surface area (Å²) in [5, 5.41) is 3.52. The number of pyridine rings is 1. The fraction of sp³-hybridized carbons (Fsp3) is 0.267. The fourth-order valence-corrected chi connectivity index (χ4v) is 2.38. The third-order valence-electron chi connectivity index (χ3n) is 3.23. The number of nitrogens with one attached hydrogen (secondary N) is 1. The topological polar surface area (TPSA) is 34.1 Å². The van der Waals surface area contributed by atoms with Crippen LogP contribution in [-0.4, -0.2) is 11.6 Å². The van der Waals surface area contributed by atoms with E-state index in [2.05, 4.69) is 28.5 Å². The minimum absolute atomic E-state index is 0.325. The molecule has 0 spiro atoms. The van der Waals surface area contributed by atoms with Crippen molar-refractivity contribution in [2.75, 3.05) is 11.9 Å². The molecule has 1 N–H and O–H groups in total. The second kappa shape index (κ2) is 4.69. The maximum atomic E-state index is 5.53. The van der Waals surface area contributed by atoms with E-state index in [9.17, 15) is 0 Å². The van der Waals surface area contributed by atoms with E-state index in [-0.39, 0.29) is 0 Å². The Balaban J connectivity index is 1.83. The van der Waals surface area contributed by atoms with Crippen LogP contribution in [-0.2, 0) is 6.42 Å². The molecule has 1 aromatic carbocycles. The minimum Gasteiger partial charge on any atom is -0.494 e. The van der Waals surface area contributed by atoms with Gasteiger partial charge in [-0.1, -0.05) is 6.07 Å². The van der Waals surface area contributed by atoms with Crippen LogP contribution in [0.3, 0.4) is 0 Å². The second-order valence-corrected chi connectivity index (χ2v) is 4.44. The highest BCUT2D eigenvalue weighted by atomic mass is 16.5. The van der Waals surface area contributed by atoms with Crippen molar-refractivity contribution in [2.45, 2.75) is 19.4 Å². The van der Waals surface area contributed by atoms with Crippen molar-refractivity contribution in [2.24, 2.45) is 0 Å². The molecule has 2 heterocycles. The molecule has 3 heteroatoms. The molecule has 0 fully saturated rings. The average Bonchev–Trinajstić information content (AvgIpc) is 2.83. The molecule has 1 aliphatic heterocycles. The lowest BCUT2D eigenvalue weighted by Gasteiger charge is -2.10. The Bertz CT molecular complexity index is 539. The summed E-state index contributed by atoms with van der Waals surface area (Å²) >= 11 is 0. The van der Waals surface area contributed by atoms with Crippen molar-refractivity contribution < 1.29 is 4.74 Å². The van der Waals surface area contributed by atoms with E-state index in [1.54, 1.807) is 6.20 Å². The standard InChI is InChI=1S/C15H16N2O/c1-2-18-13-5-6-14-12(8-13)9-15(17-14)11-4-3-7-16-10-11/h3-8,10,15,17H,2,9H2,1H3. The highest BCUT2D eigenvalue weighted by Gasteiger charge is 2.22. The van der Waals surface area contributed by atoms with Gasteiger partial charge in [-0.05, 0) is 48.7 Å². The molecule has 92 valence electrons. The van der Waals surface area contributed by atoms with Crippen LogP contribution in [0.1, 0.15) is 24.1 Å². The van der Waals surface area contributed by atoms with Crippen LogP contribution in [0.2, 0.25) is 0 Å². The van der Waals surface area contributed by atoms with Gasteiger partial charge in [0.2, 0.25) is 0 Å². The SMILES string of the molecule is CCOc1ccc2c(c1)CC(c1cccnc1)N2. The van der Waals surface area contributed by atoms with Crippen molar-refractivity contribution in [3.8, 4) is 5.75 Å². The third-order valence-corrected chi connectivity index (χ3v) is 3.23. The number of aromatic nitrogens is 1. The van der Waals surface area contributed by atoms with Gasteiger partial charge in [0.05, 0.1) is 12.6 Å². The Hall–Kier alpha value is -2.03. The summed E-state index contributed by atoms with van der Waals surface area (Å²) in [5.74, 6) is 0.949. The lowest BCUT2D eigenvalue weighted by molar-refractivity contribution is 0.340. The molecule has 0 aliphatic carbocycles. The predicted molar refractivity (Wildman–Crippen MR) is 71.9 cm³/mol.